The quantitative estimate of drug-likeness (QED) is 0.828. The standard InChI is InChI=1S/C12H21N3O/c1-4-6-15(7-5-2)12(16)11-8-10(13)9-14(11)3/h8-9H,4-7,13H2,1-3H3. The molecule has 1 aromatic heterocycles. The molecule has 0 aliphatic carbocycles. The van der Waals surface area contributed by atoms with E-state index < -0.39 is 0 Å². The second kappa shape index (κ2) is 5.58. The molecule has 1 amide bonds. The van der Waals surface area contributed by atoms with E-state index >= 15 is 0 Å². The molecule has 4 heteroatoms. The van der Waals surface area contributed by atoms with Crippen LogP contribution in [0.3, 0.4) is 0 Å². The van der Waals surface area contributed by atoms with Gasteiger partial charge in [0.15, 0.2) is 0 Å². The Morgan fingerprint density at radius 3 is 2.31 bits per heavy atom. The Bertz CT molecular complexity index is 351. The Hall–Kier alpha value is -1.45. The topological polar surface area (TPSA) is 51.3 Å². The average Bonchev–Trinajstić information content (AvgIpc) is 2.56. The van der Waals surface area contributed by atoms with Crippen LogP contribution in [0.15, 0.2) is 12.3 Å². The van der Waals surface area contributed by atoms with Gasteiger partial charge in [-0.05, 0) is 18.9 Å². The van der Waals surface area contributed by atoms with Crippen LogP contribution in [0.5, 0.6) is 0 Å². The number of nitrogen functional groups attached to an aromatic ring is 1. The summed E-state index contributed by atoms with van der Waals surface area (Å²) in [6.07, 6.45) is 3.72. The lowest BCUT2D eigenvalue weighted by Crippen LogP contribution is -2.33. The molecular weight excluding hydrogens is 202 g/mol. The lowest BCUT2D eigenvalue weighted by Gasteiger charge is -2.21. The van der Waals surface area contributed by atoms with Crippen LogP contribution < -0.4 is 5.73 Å². The van der Waals surface area contributed by atoms with E-state index in [-0.39, 0.29) is 5.91 Å². The maximum absolute atomic E-state index is 12.2. The lowest BCUT2D eigenvalue weighted by molar-refractivity contribution is 0.0746. The molecule has 0 spiro atoms. The normalized spacial score (nSPS) is 10.4. The summed E-state index contributed by atoms with van der Waals surface area (Å²) in [7, 11) is 1.85. The van der Waals surface area contributed by atoms with Crippen LogP contribution in [0, 0.1) is 0 Å². The second-order valence-corrected chi connectivity index (χ2v) is 4.06. The average molecular weight is 223 g/mol. The maximum Gasteiger partial charge on any atom is 0.270 e. The highest BCUT2D eigenvalue weighted by atomic mass is 16.2. The van der Waals surface area contributed by atoms with E-state index in [2.05, 4.69) is 13.8 Å². The Labute approximate surface area is 97.0 Å². The molecule has 1 rings (SSSR count). The molecule has 0 aliphatic heterocycles. The highest BCUT2D eigenvalue weighted by Gasteiger charge is 2.17. The summed E-state index contributed by atoms with van der Waals surface area (Å²) in [5.41, 5.74) is 6.98. The van der Waals surface area contributed by atoms with Gasteiger partial charge in [-0.25, -0.2) is 0 Å². The molecule has 0 saturated heterocycles. The number of amides is 1. The fourth-order valence-electron chi connectivity index (χ4n) is 1.82. The Kier molecular flexibility index (Phi) is 4.40. The Morgan fingerprint density at radius 1 is 1.38 bits per heavy atom. The van der Waals surface area contributed by atoms with Gasteiger partial charge in [0.25, 0.3) is 5.91 Å². The minimum absolute atomic E-state index is 0.0721. The van der Waals surface area contributed by atoms with Crippen molar-refractivity contribution in [3.63, 3.8) is 0 Å². The van der Waals surface area contributed by atoms with Gasteiger partial charge < -0.3 is 15.2 Å². The first-order chi connectivity index (χ1) is 7.60. The molecular formula is C12H21N3O. The van der Waals surface area contributed by atoms with Crippen LogP contribution in [0.2, 0.25) is 0 Å². The molecule has 0 unspecified atom stereocenters. The number of carbonyl (C=O) groups excluding carboxylic acids is 1. The predicted octanol–water partition coefficient (Wildman–Crippen LogP) is 1.87. The predicted molar refractivity (Wildman–Crippen MR) is 66.3 cm³/mol. The fraction of sp³-hybridized carbons (Fsp3) is 0.583. The number of hydrogen-bond acceptors (Lipinski definition) is 2. The van der Waals surface area contributed by atoms with Crippen molar-refractivity contribution in [2.75, 3.05) is 18.8 Å². The summed E-state index contributed by atoms with van der Waals surface area (Å²) >= 11 is 0. The molecule has 90 valence electrons. The molecule has 0 atom stereocenters. The molecule has 2 N–H and O–H groups in total. The van der Waals surface area contributed by atoms with Crippen molar-refractivity contribution in [1.82, 2.24) is 9.47 Å². The first kappa shape index (κ1) is 12.6. The summed E-state index contributed by atoms with van der Waals surface area (Å²) in [6, 6.07) is 1.74. The van der Waals surface area contributed by atoms with E-state index in [1.54, 1.807) is 16.8 Å². The van der Waals surface area contributed by atoms with Crippen molar-refractivity contribution in [3.8, 4) is 0 Å². The van der Waals surface area contributed by atoms with Crippen LogP contribution >= 0.6 is 0 Å². The van der Waals surface area contributed by atoms with E-state index in [9.17, 15) is 4.79 Å². The highest BCUT2D eigenvalue weighted by Crippen LogP contribution is 2.12. The number of aryl methyl sites for hydroxylation is 1. The Balaban J connectivity index is 2.85. The minimum Gasteiger partial charge on any atom is -0.397 e. The van der Waals surface area contributed by atoms with Gasteiger partial charge >= 0.3 is 0 Å². The zero-order valence-corrected chi connectivity index (χ0v) is 10.4. The molecule has 16 heavy (non-hydrogen) atoms. The van der Waals surface area contributed by atoms with Crippen molar-refractivity contribution >= 4 is 11.6 Å². The van der Waals surface area contributed by atoms with E-state index in [1.807, 2.05) is 11.9 Å². The van der Waals surface area contributed by atoms with Crippen LogP contribution in [0.1, 0.15) is 37.2 Å². The highest BCUT2D eigenvalue weighted by molar-refractivity contribution is 5.93. The smallest absolute Gasteiger partial charge is 0.270 e. The third-order valence-corrected chi connectivity index (χ3v) is 2.52. The van der Waals surface area contributed by atoms with Crippen LogP contribution in [-0.2, 0) is 7.05 Å². The van der Waals surface area contributed by atoms with Crippen molar-refractivity contribution < 1.29 is 4.79 Å². The summed E-state index contributed by atoms with van der Waals surface area (Å²) in [5.74, 6) is 0.0721. The number of carbonyl (C=O) groups is 1. The molecule has 0 bridgehead atoms. The number of hydrogen-bond donors (Lipinski definition) is 1. The van der Waals surface area contributed by atoms with Gasteiger partial charge in [0.2, 0.25) is 0 Å². The van der Waals surface area contributed by atoms with Gasteiger partial charge in [0.1, 0.15) is 5.69 Å². The van der Waals surface area contributed by atoms with Crippen molar-refractivity contribution in [2.45, 2.75) is 26.7 Å². The number of anilines is 1. The SMILES string of the molecule is CCCN(CCC)C(=O)c1cc(N)cn1C. The second-order valence-electron chi connectivity index (χ2n) is 4.06. The number of nitrogens with two attached hydrogens (primary N) is 1. The molecule has 0 saturated carbocycles. The summed E-state index contributed by atoms with van der Waals surface area (Å²) in [4.78, 5) is 14.1. The summed E-state index contributed by atoms with van der Waals surface area (Å²) < 4.78 is 1.79. The van der Waals surface area contributed by atoms with E-state index in [4.69, 9.17) is 5.73 Å². The zero-order valence-electron chi connectivity index (χ0n) is 10.4. The third kappa shape index (κ3) is 2.78. The minimum atomic E-state index is 0.0721. The van der Waals surface area contributed by atoms with Gasteiger partial charge in [-0.15, -0.1) is 0 Å². The van der Waals surface area contributed by atoms with E-state index in [0.29, 0.717) is 11.4 Å². The van der Waals surface area contributed by atoms with Crippen LogP contribution in [0.4, 0.5) is 5.69 Å². The number of nitrogens with zero attached hydrogens (tertiary/aromatic N) is 2. The zero-order chi connectivity index (χ0) is 12.1. The largest absolute Gasteiger partial charge is 0.397 e. The van der Waals surface area contributed by atoms with Crippen molar-refractivity contribution in [1.29, 1.82) is 0 Å². The monoisotopic (exact) mass is 223 g/mol. The van der Waals surface area contributed by atoms with E-state index in [0.717, 1.165) is 25.9 Å². The molecule has 0 aromatic carbocycles. The molecule has 0 fully saturated rings. The van der Waals surface area contributed by atoms with Crippen LogP contribution in [0.25, 0.3) is 0 Å². The first-order valence-electron chi connectivity index (χ1n) is 5.81. The molecule has 1 aromatic rings. The summed E-state index contributed by atoms with van der Waals surface area (Å²) in [6.45, 7) is 5.76. The molecule has 1 heterocycles. The molecule has 0 aliphatic rings. The van der Waals surface area contributed by atoms with Gasteiger partial charge in [-0.1, -0.05) is 13.8 Å². The van der Waals surface area contributed by atoms with Crippen LogP contribution in [-0.4, -0.2) is 28.5 Å². The summed E-state index contributed by atoms with van der Waals surface area (Å²) in [5, 5.41) is 0. The number of aromatic nitrogens is 1. The number of rotatable bonds is 5. The van der Waals surface area contributed by atoms with Crippen molar-refractivity contribution in [2.24, 2.45) is 7.05 Å². The van der Waals surface area contributed by atoms with Gasteiger partial charge in [-0.3, -0.25) is 4.79 Å². The van der Waals surface area contributed by atoms with Crippen molar-refractivity contribution in [3.05, 3.63) is 18.0 Å². The fourth-order valence-corrected chi connectivity index (χ4v) is 1.82. The first-order valence-corrected chi connectivity index (χ1v) is 5.81. The van der Waals surface area contributed by atoms with Gasteiger partial charge in [0.05, 0.1) is 5.69 Å². The van der Waals surface area contributed by atoms with E-state index in [1.165, 1.54) is 0 Å². The third-order valence-electron chi connectivity index (χ3n) is 2.52. The lowest BCUT2D eigenvalue weighted by atomic mass is 10.3. The van der Waals surface area contributed by atoms with Gasteiger partial charge in [-0.2, -0.15) is 0 Å². The maximum atomic E-state index is 12.2. The Morgan fingerprint density at radius 2 is 1.94 bits per heavy atom. The van der Waals surface area contributed by atoms with Gasteiger partial charge in [0, 0.05) is 26.3 Å². The molecule has 4 nitrogen and oxygen atoms in total. The molecule has 0 radical (unpaired) electrons.